The first kappa shape index (κ1) is 23.9. The average molecular weight is 298 g/mol. The van der Waals surface area contributed by atoms with Gasteiger partial charge in [0.15, 0.2) is 0 Å². The average Bonchev–Trinajstić information content (AvgIpc) is 2.09. The first-order chi connectivity index (χ1) is 7.17. The number of carbonyl (C=O) groups excluding carboxylic acids is 2. The van der Waals surface area contributed by atoms with Crippen LogP contribution >= 0.6 is 0 Å². The van der Waals surface area contributed by atoms with E-state index in [4.69, 9.17) is 4.55 Å². The molecule has 94 valence electrons. The fraction of sp³-hybridized carbons (Fsp3) is 0.750. The van der Waals surface area contributed by atoms with Crippen molar-refractivity contribution in [1.29, 1.82) is 0 Å². The van der Waals surface area contributed by atoms with Gasteiger partial charge in [0, 0.05) is 12.4 Å². The van der Waals surface area contributed by atoms with Crippen molar-refractivity contribution < 1.29 is 91.9 Å². The van der Waals surface area contributed by atoms with Crippen molar-refractivity contribution in [2.24, 2.45) is 0 Å². The molecule has 18 heavy (non-hydrogen) atoms. The fourth-order valence-corrected chi connectivity index (χ4v) is 2.20. The second kappa shape index (κ2) is 9.71. The van der Waals surface area contributed by atoms with E-state index in [0.29, 0.717) is 6.42 Å². The van der Waals surface area contributed by atoms with Crippen LogP contribution in [0.4, 0.5) is 0 Å². The Morgan fingerprint density at radius 3 is 1.89 bits per heavy atom. The van der Waals surface area contributed by atoms with Gasteiger partial charge in [0.2, 0.25) is 0 Å². The van der Waals surface area contributed by atoms with Crippen LogP contribution in [0.1, 0.15) is 32.6 Å². The number of hydrogen-bond acceptors (Lipinski definition) is 6. The molecule has 0 fully saturated rings. The van der Waals surface area contributed by atoms with E-state index in [2.05, 4.69) is 0 Å². The number of carboxylic acids is 2. The molecule has 0 saturated heterocycles. The second-order valence-corrected chi connectivity index (χ2v) is 5.14. The van der Waals surface area contributed by atoms with Crippen LogP contribution in [0.15, 0.2) is 0 Å². The number of rotatable bonds is 7. The van der Waals surface area contributed by atoms with Gasteiger partial charge in [-0.15, -0.1) is 0 Å². The summed E-state index contributed by atoms with van der Waals surface area (Å²) in [4.78, 5) is 21.1. The van der Waals surface area contributed by atoms with E-state index < -0.39 is 39.6 Å². The molecule has 7 nitrogen and oxygen atoms in total. The van der Waals surface area contributed by atoms with Crippen LogP contribution in [0.3, 0.4) is 0 Å². The Bertz CT molecular complexity index is 381. The van der Waals surface area contributed by atoms with Gasteiger partial charge < -0.3 is 19.8 Å². The number of hydrogen-bond donors (Lipinski definition) is 1. The van der Waals surface area contributed by atoms with Crippen molar-refractivity contribution in [2.45, 2.75) is 37.4 Å². The van der Waals surface area contributed by atoms with Gasteiger partial charge in [-0.25, -0.2) is 0 Å². The monoisotopic (exact) mass is 298 g/mol. The van der Waals surface area contributed by atoms with E-state index in [-0.39, 0.29) is 65.5 Å². The minimum Gasteiger partial charge on any atom is -0.550 e. The van der Waals surface area contributed by atoms with E-state index >= 15 is 0 Å². The molecule has 1 N–H and O–H groups in total. The summed E-state index contributed by atoms with van der Waals surface area (Å²) in [6, 6.07) is 0. The molecule has 0 rings (SSSR count). The summed E-state index contributed by atoms with van der Waals surface area (Å²) >= 11 is 0. The van der Waals surface area contributed by atoms with Gasteiger partial charge in [0.25, 0.3) is 10.1 Å². The maximum atomic E-state index is 11.0. The Hall–Kier alpha value is 0.850. The molecular weight excluding hydrogens is 286 g/mol. The van der Waals surface area contributed by atoms with Gasteiger partial charge in [-0.05, 0) is 6.42 Å². The second-order valence-electron chi connectivity index (χ2n) is 3.41. The maximum absolute atomic E-state index is 11.0. The quantitative estimate of drug-likeness (QED) is 0.364. The van der Waals surface area contributed by atoms with Crippen molar-refractivity contribution in [3.63, 3.8) is 0 Å². The largest absolute Gasteiger partial charge is 1.00 e. The van der Waals surface area contributed by atoms with Gasteiger partial charge >= 0.3 is 59.1 Å². The van der Waals surface area contributed by atoms with Crippen molar-refractivity contribution >= 4 is 22.1 Å². The van der Waals surface area contributed by atoms with Crippen molar-refractivity contribution in [3.05, 3.63) is 0 Å². The third kappa shape index (κ3) is 6.33. The van der Waals surface area contributed by atoms with Gasteiger partial charge in [-0.1, -0.05) is 19.8 Å². The number of carboxylic acid groups (broad SMARTS) is 2. The first-order valence-corrected chi connectivity index (χ1v) is 5.99. The zero-order valence-corrected chi connectivity index (χ0v) is 15.4. The fourth-order valence-electron chi connectivity index (χ4n) is 1.28. The third-order valence-corrected chi connectivity index (χ3v) is 3.73. The smallest absolute Gasteiger partial charge is 0.550 e. The predicted octanol–water partition coefficient (Wildman–Crippen LogP) is -8.30. The topological polar surface area (TPSA) is 135 Å². The molecule has 1 unspecified atom stereocenters. The SMILES string of the molecule is CCCCC(CC(=O)[O-])(C(=O)[O-])S(=O)(=O)O.[Na+].[Na+]. The van der Waals surface area contributed by atoms with Crippen molar-refractivity contribution in [1.82, 2.24) is 0 Å². The maximum Gasteiger partial charge on any atom is 1.00 e. The van der Waals surface area contributed by atoms with Crippen LogP contribution in [-0.4, -0.2) is 29.7 Å². The van der Waals surface area contributed by atoms with Crippen LogP contribution in [0.5, 0.6) is 0 Å². The predicted molar refractivity (Wildman–Crippen MR) is 48.4 cm³/mol. The Morgan fingerprint density at radius 1 is 1.22 bits per heavy atom. The molecule has 0 saturated carbocycles. The van der Waals surface area contributed by atoms with E-state index in [9.17, 15) is 28.2 Å². The van der Waals surface area contributed by atoms with E-state index in [1.807, 2.05) is 0 Å². The summed E-state index contributed by atoms with van der Waals surface area (Å²) in [5.41, 5.74) is 0. The van der Waals surface area contributed by atoms with E-state index in [1.54, 1.807) is 6.92 Å². The Morgan fingerprint density at radius 2 is 1.67 bits per heavy atom. The summed E-state index contributed by atoms with van der Waals surface area (Å²) in [6.07, 6.45) is -1.29. The van der Waals surface area contributed by atoms with Crippen LogP contribution < -0.4 is 69.3 Å². The normalized spacial score (nSPS) is 13.7. The molecule has 0 aromatic carbocycles. The molecular formula is C8H12Na2O7S. The molecule has 0 aromatic rings. The van der Waals surface area contributed by atoms with Crippen LogP contribution in [0.2, 0.25) is 0 Å². The summed E-state index contributed by atoms with van der Waals surface area (Å²) in [5.74, 6) is -4.01. The van der Waals surface area contributed by atoms with Crippen molar-refractivity contribution in [2.75, 3.05) is 0 Å². The summed E-state index contributed by atoms with van der Waals surface area (Å²) in [7, 11) is -5.08. The zero-order valence-electron chi connectivity index (χ0n) is 10.6. The molecule has 10 heteroatoms. The van der Waals surface area contributed by atoms with Crippen LogP contribution in [0.25, 0.3) is 0 Å². The van der Waals surface area contributed by atoms with Gasteiger partial charge in [0.1, 0.15) is 4.75 Å². The van der Waals surface area contributed by atoms with Crippen LogP contribution in [0, 0.1) is 0 Å². The van der Waals surface area contributed by atoms with Gasteiger partial charge in [-0.2, -0.15) is 8.42 Å². The minimum absolute atomic E-state index is 0. The standard InChI is InChI=1S/C8H14O7S.2Na/c1-2-3-4-8(7(11)12,5-6(9)10)16(13,14)15;;/h2-5H2,1H3,(H,9,10)(H,11,12)(H,13,14,15);;/q;2*+1/p-2. The van der Waals surface area contributed by atoms with E-state index in [1.165, 1.54) is 0 Å². The molecule has 0 radical (unpaired) electrons. The van der Waals surface area contributed by atoms with Crippen LogP contribution in [-0.2, 0) is 19.7 Å². The summed E-state index contributed by atoms with van der Waals surface area (Å²) in [5, 5.41) is 21.1. The molecule has 0 amide bonds. The van der Waals surface area contributed by atoms with Gasteiger partial charge in [0.05, 0.1) is 5.97 Å². The number of aliphatic carboxylic acids is 2. The Kier molecular flexibility index (Phi) is 12.9. The minimum atomic E-state index is -5.08. The molecule has 1 atom stereocenters. The molecule has 0 aromatic heterocycles. The molecule has 0 bridgehead atoms. The summed E-state index contributed by atoms with van der Waals surface area (Å²) in [6.45, 7) is 1.66. The van der Waals surface area contributed by atoms with Crippen molar-refractivity contribution in [3.8, 4) is 0 Å². The van der Waals surface area contributed by atoms with Gasteiger partial charge in [-0.3, -0.25) is 4.55 Å². The Labute approximate surface area is 150 Å². The molecule has 0 aliphatic rings. The number of carbonyl (C=O) groups is 2. The number of unbranched alkanes of at least 4 members (excludes halogenated alkanes) is 1. The molecule has 0 aliphatic carbocycles. The van der Waals surface area contributed by atoms with E-state index in [0.717, 1.165) is 0 Å². The molecule has 0 aliphatic heterocycles. The molecule has 0 spiro atoms. The third-order valence-electron chi connectivity index (χ3n) is 2.23. The summed E-state index contributed by atoms with van der Waals surface area (Å²) < 4.78 is 28.0. The Balaban J connectivity index is -0.00000112. The first-order valence-electron chi connectivity index (χ1n) is 4.55. The zero-order chi connectivity index (χ0) is 13.0. The molecule has 0 heterocycles.